The van der Waals surface area contributed by atoms with Crippen molar-refractivity contribution in [3.05, 3.63) is 82.9 Å². The van der Waals surface area contributed by atoms with Gasteiger partial charge in [-0.05, 0) is 107 Å². The van der Waals surface area contributed by atoms with Crippen molar-refractivity contribution < 1.29 is 14.7 Å². The normalized spacial score (nSPS) is 16.1. The number of aliphatic hydroxyl groups is 1. The summed E-state index contributed by atoms with van der Waals surface area (Å²) in [5.74, 6) is -0.331. The number of piperidine rings is 1. The van der Waals surface area contributed by atoms with Crippen molar-refractivity contribution in [3.63, 3.8) is 0 Å². The second kappa shape index (κ2) is 10.9. The highest BCUT2D eigenvalue weighted by Gasteiger charge is 2.37. The van der Waals surface area contributed by atoms with Crippen LogP contribution in [0.2, 0.25) is 0 Å². The maximum atomic E-state index is 13.0. The fraction of sp³-hybridized carbons (Fsp3) is 0.394. The Balaban J connectivity index is 1.48. The summed E-state index contributed by atoms with van der Waals surface area (Å²) < 4.78 is 2.28. The van der Waals surface area contributed by atoms with E-state index >= 15 is 0 Å². The number of aliphatic hydroxyl groups excluding tert-OH is 1. The van der Waals surface area contributed by atoms with Gasteiger partial charge < -0.3 is 14.5 Å². The third kappa shape index (κ3) is 5.11. The van der Waals surface area contributed by atoms with Crippen LogP contribution in [0.4, 0.5) is 0 Å². The van der Waals surface area contributed by atoms with Gasteiger partial charge in [0, 0.05) is 28.4 Å². The van der Waals surface area contributed by atoms with Gasteiger partial charge in [0.1, 0.15) is 11.6 Å². The third-order valence-corrected chi connectivity index (χ3v) is 8.33. The molecule has 2 heterocycles. The SMILES string of the molecule is CCn1c2ccc(/C(C)=N/OC(=O)C(C)(C)N3CCCCC3)cc2c2cc(C(O)c3ccccc3C)ccc21. The van der Waals surface area contributed by atoms with Gasteiger partial charge in [-0.1, -0.05) is 48.0 Å². The molecule has 4 aromatic rings. The molecule has 1 unspecified atom stereocenters. The number of carbonyl (C=O) groups is 1. The Morgan fingerprint density at radius 3 is 2.36 bits per heavy atom. The highest BCUT2D eigenvalue weighted by molar-refractivity contribution is 6.11. The van der Waals surface area contributed by atoms with Crippen LogP contribution in [0.25, 0.3) is 21.8 Å². The van der Waals surface area contributed by atoms with Crippen LogP contribution in [0.3, 0.4) is 0 Å². The molecule has 1 atom stereocenters. The third-order valence-electron chi connectivity index (χ3n) is 8.33. The Labute approximate surface area is 230 Å². The summed E-state index contributed by atoms with van der Waals surface area (Å²) >= 11 is 0. The van der Waals surface area contributed by atoms with E-state index in [0.29, 0.717) is 5.71 Å². The lowest BCUT2D eigenvalue weighted by molar-refractivity contribution is -0.157. The second-order valence-corrected chi connectivity index (χ2v) is 11.2. The number of fused-ring (bicyclic) bond motifs is 3. The minimum absolute atomic E-state index is 0.331. The van der Waals surface area contributed by atoms with E-state index in [9.17, 15) is 9.90 Å². The van der Waals surface area contributed by atoms with Crippen LogP contribution in [-0.2, 0) is 16.2 Å². The Hall–Kier alpha value is -3.48. The first-order valence-corrected chi connectivity index (χ1v) is 14.0. The zero-order chi connectivity index (χ0) is 27.7. The zero-order valence-electron chi connectivity index (χ0n) is 23.7. The molecule has 1 fully saturated rings. The molecule has 1 N–H and O–H groups in total. The molecular formula is C33H39N3O3. The summed E-state index contributed by atoms with van der Waals surface area (Å²) in [6.07, 6.45) is 2.72. The summed E-state index contributed by atoms with van der Waals surface area (Å²) in [4.78, 5) is 20.6. The van der Waals surface area contributed by atoms with Crippen molar-refractivity contribution in [2.24, 2.45) is 5.16 Å². The summed E-state index contributed by atoms with van der Waals surface area (Å²) in [5, 5.41) is 17.6. The van der Waals surface area contributed by atoms with E-state index < -0.39 is 11.6 Å². The lowest BCUT2D eigenvalue weighted by Crippen LogP contribution is -2.52. The average molecular weight is 526 g/mol. The van der Waals surface area contributed by atoms with E-state index in [1.54, 1.807) is 0 Å². The minimum Gasteiger partial charge on any atom is -0.384 e. The Bertz CT molecular complexity index is 1540. The summed E-state index contributed by atoms with van der Waals surface area (Å²) in [6.45, 7) is 12.5. The molecule has 1 saturated heterocycles. The molecule has 0 aliphatic carbocycles. The van der Waals surface area contributed by atoms with E-state index in [2.05, 4.69) is 45.8 Å². The molecule has 6 heteroatoms. The standard InChI is InChI=1S/C33H39N3O3/c1-6-36-29-16-14-24(23(3)34-39-32(38)33(4,5)35-18-10-7-11-19-35)20-27(29)28-21-25(15-17-30(28)36)31(37)26-13-9-8-12-22(26)2/h8-9,12-17,20-21,31,37H,6-7,10-11,18-19H2,1-5H3/b34-23+. The number of rotatable bonds is 7. The van der Waals surface area contributed by atoms with Crippen LogP contribution < -0.4 is 0 Å². The summed E-state index contributed by atoms with van der Waals surface area (Å²) in [5.41, 5.74) is 5.90. The molecule has 3 aromatic carbocycles. The predicted octanol–water partition coefficient (Wildman–Crippen LogP) is 6.74. The lowest BCUT2D eigenvalue weighted by Gasteiger charge is -2.38. The first-order chi connectivity index (χ1) is 18.7. The maximum Gasteiger partial charge on any atom is 0.354 e. The molecule has 5 rings (SSSR count). The van der Waals surface area contributed by atoms with Crippen LogP contribution in [0, 0.1) is 6.92 Å². The van der Waals surface area contributed by atoms with Crippen LogP contribution in [0.1, 0.15) is 75.3 Å². The van der Waals surface area contributed by atoms with Crippen molar-refractivity contribution in [1.29, 1.82) is 0 Å². The molecule has 39 heavy (non-hydrogen) atoms. The number of carbonyl (C=O) groups excluding carboxylic acids is 1. The van der Waals surface area contributed by atoms with Crippen molar-refractivity contribution in [2.75, 3.05) is 13.1 Å². The molecule has 6 nitrogen and oxygen atoms in total. The largest absolute Gasteiger partial charge is 0.384 e. The first-order valence-electron chi connectivity index (χ1n) is 14.0. The molecule has 0 bridgehead atoms. The van der Waals surface area contributed by atoms with E-state index in [0.717, 1.165) is 76.5 Å². The van der Waals surface area contributed by atoms with Gasteiger partial charge in [0.05, 0.1) is 5.71 Å². The number of hydrogen-bond acceptors (Lipinski definition) is 5. The average Bonchev–Trinajstić information content (AvgIpc) is 3.28. The van der Waals surface area contributed by atoms with Crippen molar-refractivity contribution in [3.8, 4) is 0 Å². The summed E-state index contributed by atoms with van der Waals surface area (Å²) in [6, 6.07) is 20.4. The van der Waals surface area contributed by atoms with Gasteiger partial charge in [-0.3, -0.25) is 4.90 Å². The fourth-order valence-electron chi connectivity index (χ4n) is 5.79. The monoisotopic (exact) mass is 525 g/mol. The van der Waals surface area contributed by atoms with Crippen LogP contribution in [0.5, 0.6) is 0 Å². The summed E-state index contributed by atoms with van der Waals surface area (Å²) in [7, 11) is 0. The highest BCUT2D eigenvalue weighted by atomic mass is 16.7. The minimum atomic E-state index is -0.711. The number of aryl methyl sites for hydroxylation is 2. The number of oxime groups is 1. The quantitative estimate of drug-likeness (QED) is 0.165. The van der Waals surface area contributed by atoms with Gasteiger partial charge >= 0.3 is 5.97 Å². The molecular weight excluding hydrogens is 486 g/mol. The molecule has 0 saturated carbocycles. The first kappa shape index (κ1) is 27.1. The van der Waals surface area contributed by atoms with Gasteiger partial charge in [-0.2, -0.15) is 0 Å². The van der Waals surface area contributed by atoms with Crippen molar-refractivity contribution in [2.45, 2.75) is 72.1 Å². The Morgan fingerprint density at radius 1 is 1.00 bits per heavy atom. The van der Waals surface area contributed by atoms with E-state index in [1.165, 1.54) is 6.42 Å². The van der Waals surface area contributed by atoms with Crippen LogP contribution in [0.15, 0.2) is 65.8 Å². The van der Waals surface area contributed by atoms with Gasteiger partial charge in [0.15, 0.2) is 0 Å². The molecule has 0 spiro atoms. The van der Waals surface area contributed by atoms with Gasteiger partial charge in [0.25, 0.3) is 0 Å². The van der Waals surface area contributed by atoms with Crippen molar-refractivity contribution in [1.82, 2.24) is 9.47 Å². The molecule has 204 valence electrons. The highest BCUT2D eigenvalue weighted by Crippen LogP contribution is 2.34. The lowest BCUT2D eigenvalue weighted by atomic mass is 9.96. The fourth-order valence-corrected chi connectivity index (χ4v) is 5.79. The zero-order valence-corrected chi connectivity index (χ0v) is 23.7. The Kier molecular flexibility index (Phi) is 7.61. The predicted molar refractivity (Wildman–Crippen MR) is 158 cm³/mol. The molecule has 1 aliphatic rings. The Morgan fingerprint density at radius 2 is 1.67 bits per heavy atom. The number of nitrogens with zero attached hydrogens (tertiary/aromatic N) is 3. The van der Waals surface area contributed by atoms with Gasteiger partial charge in [-0.15, -0.1) is 0 Å². The number of hydrogen-bond donors (Lipinski definition) is 1. The topological polar surface area (TPSA) is 67.1 Å². The van der Waals surface area contributed by atoms with Crippen molar-refractivity contribution >= 4 is 33.5 Å². The van der Waals surface area contributed by atoms with E-state index in [1.807, 2.05) is 64.1 Å². The van der Waals surface area contributed by atoms with Crippen LogP contribution >= 0.6 is 0 Å². The smallest absolute Gasteiger partial charge is 0.354 e. The number of likely N-dealkylation sites (tertiary alicyclic amines) is 1. The molecule has 1 aromatic heterocycles. The van der Waals surface area contributed by atoms with Gasteiger partial charge in [-0.25, -0.2) is 4.79 Å². The number of benzene rings is 3. The molecule has 0 amide bonds. The number of aromatic nitrogens is 1. The second-order valence-electron chi connectivity index (χ2n) is 11.2. The van der Waals surface area contributed by atoms with Gasteiger partial charge in [0.2, 0.25) is 0 Å². The van der Waals surface area contributed by atoms with E-state index in [-0.39, 0.29) is 5.97 Å². The molecule has 1 aliphatic heterocycles. The van der Waals surface area contributed by atoms with E-state index in [4.69, 9.17) is 4.84 Å². The maximum absolute atomic E-state index is 13.0. The van der Waals surface area contributed by atoms with Crippen LogP contribution in [-0.4, -0.2) is 44.9 Å². The molecule has 0 radical (unpaired) electrons.